The van der Waals surface area contributed by atoms with Crippen molar-refractivity contribution in [2.45, 2.75) is 13.0 Å². The second kappa shape index (κ2) is 5.08. The van der Waals surface area contributed by atoms with Gasteiger partial charge >= 0.3 is 0 Å². The molecule has 0 bridgehead atoms. The number of carbonyl (C=O) groups is 3. The van der Waals surface area contributed by atoms with E-state index in [1.807, 2.05) is 0 Å². The summed E-state index contributed by atoms with van der Waals surface area (Å²) in [6.45, 7) is 1.49. The minimum atomic E-state index is -0.646. The van der Waals surface area contributed by atoms with Gasteiger partial charge in [-0.15, -0.1) is 0 Å². The van der Waals surface area contributed by atoms with Crippen molar-refractivity contribution in [3.8, 4) is 0 Å². The van der Waals surface area contributed by atoms with Gasteiger partial charge < -0.3 is 4.90 Å². The topological polar surface area (TPSA) is 110 Å². The first-order valence-electron chi connectivity index (χ1n) is 5.78. The van der Waals surface area contributed by atoms with Gasteiger partial charge in [-0.1, -0.05) is 0 Å². The first kappa shape index (κ1) is 13.7. The quantitative estimate of drug-likeness (QED) is 0.367. The summed E-state index contributed by atoms with van der Waals surface area (Å²) in [7, 11) is 0. The number of imide groups is 1. The van der Waals surface area contributed by atoms with Gasteiger partial charge in [0, 0.05) is 23.4 Å². The number of nitro benzene ring substituents is 1. The van der Waals surface area contributed by atoms with Crippen LogP contribution in [0.2, 0.25) is 0 Å². The van der Waals surface area contributed by atoms with E-state index in [0.29, 0.717) is 12.0 Å². The van der Waals surface area contributed by atoms with E-state index in [4.69, 9.17) is 0 Å². The fraction of sp³-hybridized carbons (Fsp3) is 0.250. The molecule has 1 N–H and O–H groups in total. The van der Waals surface area contributed by atoms with Crippen molar-refractivity contribution in [1.29, 1.82) is 0 Å². The van der Waals surface area contributed by atoms with Crippen LogP contribution in [0.3, 0.4) is 0 Å². The highest BCUT2D eigenvalue weighted by atomic mass is 16.6. The third-order valence-electron chi connectivity index (χ3n) is 3.08. The number of hydrogen-bond acceptors (Lipinski definition) is 6. The Kier molecular flexibility index (Phi) is 3.47. The molecular formula is C12H11N3O5. The Bertz CT molecular complexity index is 613. The van der Waals surface area contributed by atoms with Gasteiger partial charge in [-0.3, -0.25) is 29.8 Å². The number of rotatable bonds is 3. The number of nitrogens with zero attached hydrogens (tertiary/aromatic N) is 2. The van der Waals surface area contributed by atoms with Gasteiger partial charge in [0.05, 0.1) is 11.5 Å². The zero-order valence-electron chi connectivity index (χ0n) is 10.5. The molecule has 1 unspecified atom stereocenters. The zero-order chi connectivity index (χ0) is 14.9. The number of aldehydes is 1. The Labute approximate surface area is 113 Å². The lowest BCUT2D eigenvalue weighted by molar-refractivity contribution is -0.384. The van der Waals surface area contributed by atoms with E-state index in [-0.39, 0.29) is 17.8 Å². The van der Waals surface area contributed by atoms with Gasteiger partial charge in [-0.2, -0.15) is 0 Å². The Hall–Kier alpha value is -2.77. The number of piperazine rings is 1. The predicted octanol–water partition coefficient (Wildman–Crippen LogP) is 0.259. The number of benzene rings is 1. The third-order valence-corrected chi connectivity index (χ3v) is 3.08. The standard InChI is InChI=1S/C12H11N3O5/c1-7-12(18)13-11(17)5-14(7)10-3-2-9(15(19)20)4-8(10)6-16/h2-4,6-7H,5H2,1H3,(H,13,17,18). The van der Waals surface area contributed by atoms with Crippen LogP contribution in [0.25, 0.3) is 0 Å². The van der Waals surface area contributed by atoms with Crippen LogP contribution in [0.4, 0.5) is 11.4 Å². The van der Waals surface area contributed by atoms with E-state index in [2.05, 4.69) is 5.32 Å². The number of amides is 2. The molecule has 1 aliphatic rings. The maximum Gasteiger partial charge on any atom is 0.270 e. The van der Waals surface area contributed by atoms with Crippen LogP contribution < -0.4 is 10.2 Å². The molecule has 2 rings (SSSR count). The monoisotopic (exact) mass is 277 g/mol. The second-order valence-electron chi connectivity index (χ2n) is 4.33. The van der Waals surface area contributed by atoms with Gasteiger partial charge in [0.2, 0.25) is 11.8 Å². The summed E-state index contributed by atoms with van der Waals surface area (Å²) in [5.74, 6) is -0.959. The average molecular weight is 277 g/mol. The lowest BCUT2D eigenvalue weighted by atomic mass is 10.1. The normalized spacial score (nSPS) is 18.6. The first-order chi connectivity index (χ1) is 9.43. The number of anilines is 1. The number of nitro groups is 1. The zero-order valence-corrected chi connectivity index (χ0v) is 10.5. The van der Waals surface area contributed by atoms with Crippen LogP contribution in [-0.2, 0) is 9.59 Å². The average Bonchev–Trinajstić information content (AvgIpc) is 2.42. The minimum Gasteiger partial charge on any atom is -0.350 e. The molecule has 0 spiro atoms. The summed E-state index contributed by atoms with van der Waals surface area (Å²) in [6.07, 6.45) is 0.464. The van der Waals surface area contributed by atoms with Crippen molar-refractivity contribution in [1.82, 2.24) is 5.32 Å². The van der Waals surface area contributed by atoms with Crippen LogP contribution in [0.5, 0.6) is 0 Å². The lowest BCUT2D eigenvalue weighted by Gasteiger charge is -2.34. The van der Waals surface area contributed by atoms with Gasteiger partial charge in [0.1, 0.15) is 6.04 Å². The molecular weight excluding hydrogens is 266 g/mol. The summed E-state index contributed by atoms with van der Waals surface area (Å²) >= 11 is 0. The van der Waals surface area contributed by atoms with Gasteiger partial charge in [0.25, 0.3) is 5.69 Å². The number of nitrogens with one attached hydrogen (secondary N) is 1. The maximum atomic E-state index is 11.6. The molecule has 1 heterocycles. The van der Waals surface area contributed by atoms with E-state index in [0.717, 1.165) is 6.07 Å². The molecule has 104 valence electrons. The first-order valence-corrected chi connectivity index (χ1v) is 5.78. The summed E-state index contributed by atoms with van der Waals surface area (Å²) in [5.41, 5.74) is 0.158. The highest BCUT2D eigenvalue weighted by Gasteiger charge is 2.31. The van der Waals surface area contributed by atoms with Crippen molar-refractivity contribution in [3.05, 3.63) is 33.9 Å². The van der Waals surface area contributed by atoms with Crippen molar-refractivity contribution in [2.24, 2.45) is 0 Å². The van der Waals surface area contributed by atoms with Crippen molar-refractivity contribution < 1.29 is 19.3 Å². The number of carbonyl (C=O) groups excluding carboxylic acids is 3. The molecule has 1 aromatic carbocycles. The van der Waals surface area contributed by atoms with Crippen LogP contribution in [0.1, 0.15) is 17.3 Å². The van der Waals surface area contributed by atoms with Crippen LogP contribution in [-0.4, -0.2) is 35.6 Å². The molecule has 20 heavy (non-hydrogen) atoms. The molecule has 1 fully saturated rings. The third kappa shape index (κ3) is 2.35. The van der Waals surface area contributed by atoms with Crippen LogP contribution in [0.15, 0.2) is 18.2 Å². The Balaban J connectivity index is 2.45. The second-order valence-corrected chi connectivity index (χ2v) is 4.33. The van der Waals surface area contributed by atoms with E-state index in [9.17, 15) is 24.5 Å². The highest BCUT2D eigenvalue weighted by Crippen LogP contribution is 2.26. The van der Waals surface area contributed by atoms with Gasteiger partial charge in [-0.05, 0) is 13.0 Å². The Morgan fingerprint density at radius 2 is 2.15 bits per heavy atom. The number of hydrogen-bond donors (Lipinski definition) is 1. The molecule has 0 radical (unpaired) electrons. The van der Waals surface area contributed by atoms with Crippen molar-refractivity contribution >= 4 is 29.5 Å². The van der Waals surface area contributed by atoms with Gasteiger partial charge in [0.15, 0.2) is 6.29 Å². The fourth-order valence-corrected chi connectivity index (χ4v) is 2.02. The van der Waals surface area contributed by atoms with Gasteiger partial charge in [-0.25, -0.2) is 0 Å². The van der Waals surface area contributed by atoms with E-state index in [1.54, 1.807) is 6.92 Å². The maximum absolute atomic E-state index is 11.6. The molecule has 1 aliphatic heterocycles. The molecule has 0 aromatic heterocycles. The molecule has 2 amide bonds. The minimum absolute atomic E-state index is 0.0635. The fourth-order valence-electron chi connectivity index (χ4n) is 2.02. The molecule has 1 atom stereocenters. The van der Waals surface area contributed by atoms with E-state index in [1.165, 1.54) is 17.0 Å². The molecule has 8 heteroatoms. The summed E-state index contributed by atoms with van der Waals surface area (Å²) in [6, 6.07) is 3.07. The highest BCUT2D eigenvalue weighted by molar-refractivity contribution is 6.05. The molecule has 1 saturated heterocycles. The molecule has 1 aromatic rings. The van der Waals surface area contributed by atoms with Crippen molar-refractivity contribution in [2.75, 3.05) is 11.4 Å². The van der Waals surface area contributed by atoms with Crippen LogP contribution >= 0.6 is 0 Å². The largest absolute Gasteiger partial charge is 0.350 e. The van der Waals surface area contributed by atoms with E-state index >= 15 is 0 Å². The number of non-ortho nitro benzene ring substituents is 1. The van der Waals surface area contributed by atoms with Crippen molar-refractivity contribution in [3.63, 3.8) is 0 Å². The Morgan fingerprint density at radius 1 is 1.45 bits per heavy atom. The predicted molar refractivity (Wildman–Crippen MR) is 68.4 cm³/mol. The molecule has 0 aliphatic carbocycles. The SMILES string of the molecule is CC1C(=O)NC(=O)CN1c1ccc([N+](=O)[O-])cc1C=O. The van der Waals surface area contributed by atoms with Crippen LogP contribution in [0, 0.1) is 10.1 Å². The molecule has 0 saturated carbocycles. The van der Waals surface area contributed by atoms with E-state index < -0.39 is 22.8 Å². The smallest absolute Gasteiger partial charge is 0.270 e. The Morgan fingerprint density at radius 3 is 2.75 bits per heavy atom. The molecule has 8 nitrogen and oxygen atoms in total. The summed E-state index contributed by atoms with van der Waals surface area (Å²) in [5, 5.41) is 12.9. The summed E-state index contributed by atoms with van der Waals surface area (Å²) < 4.78 is 0. The lowest BCUT2D eigenvalue weighted by Crippen LogP contribution is -2.57. The summed E-state index contributed by atoms with van der Waals surface area (Å²) in [4.78, 5) is 45.6.